The number of hydrogen-bond donors (Lipinski definition) is 7. The number of rotatable bonds is 6. The number of amides is 1. The number of hydrogen-bond acceptors (Lipinski definition) is 12. The van der Waals surface area contributed by atoms with Crippen LogP contribution in [0.15, 0.2) is 36.4 Å². The summed E-state index contributed by atoms with van der Waals surface area (Å²) in [5, 5.41) is 15.9. The van der Waals surface area contributed by atoms with Crippen LogP contribution in [0.25, 0.3) is 0 Å². The molecule has 2 saturated heterocycles. The van der Waals surface area contributed by atoms with E-state index in [-0.39, 0.29) is 59.7 Å². The molecule has 5 rings (SSSR count). The molecule has 0 atom stereocenters. The molecule has 13 nitrogen and oxygen atoms in total. The summed E-state index contributed by atoms with van der Waals surface area (Å²) in [6.45, 7) is 3.59. The zero-order valence-electron chi connectivity index (χ0n) is 23.6. The highest BCUT2D eigenvalue weighted by Gasteiger charge is 2.21. The third kappa shape index (κ3) is 9.24. The normalized spacial score (nSPS) is 14.0. The number of aromatic nitrogens is 3. The maximum atomic E-state index is 14.9. The summed E-state index contributed by atoms with van der Waals surface area (Å²) in [6.07, 6.45) is 6.79. The lowest BCUT2D eigenvalue weighted by Crippen LogP contribution is -2.34. The van der Waals surface area contributed by atoms with Crippen LogP contribution in [0.5, 0.6) is 5.75 Å². The van der Waals surface area contributed by atoms with Gasteiger partial charge >= 0.3 is 0 Å². The van der Waals surface area contributed by atoms with Crippen LogP contribution in [0.2, 0.25) is 5.02 Å². The van der Waals surface area contributed by atoms with Crippen LogP contribution < -0.4 is 45.0 Å². The maximum Gasteiger partial charge on any atom is 0.259 e. The molecule has 42 heavy (non-hydrogen) atoms. The van der Waals surface area contributed by atoms with Gasteiger partial charge in [-0.25, -0.2) is 4.39 Å². The van der Waals surface area contributed by atoms with Gasteiger partial charge in [0.25, 0.3) is 5.91 Å². The first-order valence-corrected chi connectivity index (χ1v) is 13.0. The quantitative estimate of drug-likeness (QED) is 0.139. The molecule has 0 bridgehead atoms. The molecule has 0 unspecified atom stereocenters. The Morgan fingerprint density at radius 1 is 0.833 bits per heavy atom. The summed E-state index contributed by atoms with van der Waals surface area (Å²) in [5.41, 5.74) is 0.403. The van der Waals surface area contributed by atoms with Gasteiger partial charge < -0.3 is 50.1 Å². The van der Waals surface area contributed by atoms with Crippen LogP contribution in [0.1, 0.15) is 54.6 Å². The molecular formula is C26H50Cl2FN11O2. The second-order valence-electron chi connectivity index (χ2n) is 9.29. The van der Waals surface area contributed by atoms with Gasteiger partial charge in [0.05, 0.1) is 11.3 Å². The maximum absolute atomic E-state index is 14.9. The average molecular weight is 639 g/mol. The molecule has 242 valence electrons. The summed E-state index contributed by atoms with van der Waals surface area (Å²) in [5.74, 6) is 0.0257. The van der Waals surface area contributed by atoms with E-state index in [9.17, 15) is 14.3 Å². The predicted molar refractivity (Wildman–Crippen MR) is 179 cm³/mol. The number of piperidine rings is 2. The third-order valence-electron chi connectivity index (χ3n) is 6.57. The Morgan fingerprint density at radius 3 is 1.88 bits per heavy atom. The fourth-order valence-corrected chi connectivity index (χ4v) is 4.76. The van der Waals surface area contributed by atoms with Crippen molar-refractivity contribution in [2.75, 3.05) is 46.6 Å². The van der Waals surface area contributed by atoms with Gasteiger partial charge in [0.2, 0.25) is 17.8 Å². The molecule has 0 aliphatic carbocycles. The van der Waals surface area contributed by atoms with Crippen molar-refractivity contribution >= 4 is 59.1 Å². The Morgan fingerprint density at radius 2 is 1.38 bits per heavy atom. The van der Waals surface area contributed by atoms with E-state index < -0.39 is 11.7 Å². The Kier molecular flexibility index (Phi) is 16.0. The van der Waals surface area contributed by atoms with Crippen LogP contribution in [0.3, 0.4) is 0 Å². The van der Waals surface area contributed by atoms with Gasteiger partial charge in [0.15, 0.2) is 0 Å². The van der Waals surface area contributed by atoms with E-state index in [2.05, 4.69) is 30.4 Å². The van der Waals surface area contributed by atoms with Gasteiger partial charge in [-0.15, -0.1) is 12.4 Å². The molecule has 2 aliphatic heterocycles. The van der Waals surface area contributed by atoms with Gasteiger partial charge in [-0.05, 0) is 74.9 Å². The number of nitrogens with zero attached hydrogens (tertiary/aromatic N) is 5. The topological polar surface area (TPSA) is 247 Å². The Bertz CT molecular complexity index is 1280. The first-order valence-electron chi connectivity index (χ1n) is 12.6. The van der Waals surface area contributed by atoms with Crippen LogP contribution in [-0.4, -0.2) is 52.1 Å². The molecule has 0 saturated carbocycles. The number of halogens is 3. The van der Waals surface area contributed by atoms with Gasteiger partial charge in [-0.2, -0.15) is 15.0 Å². The fraction of sp³-hybridized carbons (Fsp3) is 0.385. The molecule has 1 amide bonds. The third-order valence-corrected chi connectivity index (χ3v) is 6.80. The first kappa shape index (κ1) is 38.5. The minimum Gasteiger partial charge on any atom is -0.507 e. The number of phenols is 1. The van der Waals surface area contributed by atoms with Crippen molar-refractivity contribution in [2.24, 2.45) is 0 Å². The van der Waals surface area contributed by atoms with E-state index in [4.69, 9.17) is 16.6 Å². The SMILES string of the molecule is Cl.N.N.N.N.O=C(Nc1ccc(Nc2nc(N3CCCCC3)nc(N3CCCCC3)n2)cc1F)c1ccc(Cl)cc1O.[HH].[HH].[HH].[HH]. The number of carbonyl (C=O) groups excluding carboxylic acids is 1. The Labute approximate surface area is 262 Å². The summed E-state index contributed by atoms with van der Waals surface area (Å²) in [7, 11) is 0. The Balaban J connectivity index is -0.000000623. The lowest BCUT2D eigenvalue weighted by atomic mass is 10.1. The molecule has 3 aromatic rings. The van der Waals surface area contributed by atoms with Gasteiger partial charge in [0, 0.05) is 42.6 Å². The zero-order valence-corrected chi connectivity index (χ0v) is 25.2. The standard InChI is InChI=1S/C26H29ClFN7O2.ClH.4H3N.4H2/c27-17-7-9-19(22(36)15-17)23(37)30-21-10-8-18(16-20(21)28)29-24-31-25(34-11-3-1-4-12-34)33-26(32-24)35-13-5-2-6-14-35;;;;;;;;;/h7-10,15-16,36H,1-6,11-14H2,(H,30,37)(H,29,31,32,33);1H;4*1H3;4*1H. The molecule has 15 N–H and O–H groups in total. The monoisotopic (exact) mass is 637 g/mol. The lowest BCUT2D eigenvalue weighted by molar-refractivity contribution is 0.102. The van der Waals surface area contributed by atoms with E-state index in [0.29, 0.717) is 28.6 Å². The molecular weight excluding hydrogens is 588 g/mol. The average Bonchev–Trinajstić information content (AvgIpc) is 2.91. The van der Waals surface area contributed by atoms with E-state index in [1.54, 1.807) is 6.07 Å². The molecule has 1 aromatic heterocycles. The van der Waals surface area contributed by atoms with E-state index in [1.165, 1.54) is 43.2 Å². The second-order valence-corrected chi connectivity index (χ2v) is 9.73. The highest BCUT2D eigenvalue weighted by atomic mass is 35.5. The van der Waals surface area contributed by atoms with Crippen molar-refractivity contribution in [3.8, 4) is 5.75 Å². The number of nitrogens with one attached hydrogen (secondary N) is 2. The predicted octanol–water partition coefficient (Wildman–Crippen LogP) is 7.40. The van der Waals surface area contributed by atoms with Gasteiger partial charge in [-0.1, -0.05) is 11.6 Å². The van der Waals surface area contributed by atoms with E-state index in [1.807, 2.05) is 0 Å². The van der Waals surface area contributed by atoms with Crippen molar-refractivity contribution in [2.45, 2.75) is 38.5 Å². The summed E-state index contributed by atoms with van der Waals surface area (Å²) in [6, 6.07) is 8.45. The van der Waals surface area contributed by atoms with E-state index in [0.717, 1.165) is 51.9 Å². The highest BCUT2D eigenvalue weighted by molar-refractivity contribution is 6.31. The van der Waals surface area contributed by atoms with Gasteiger partial charge in [-0.3, -0.25) is 4.79 Å². The molecule has 3 heterocycles. The smallest absolute Gasteiger partial charge is 0.259 e. The minimum absolute atomic E-state index is 0. The number of aromatic hydroxyl groups is 1. The number of carbonyl (C=O) groups is 1. The van der Waals surface area contributed by atoms with Crippen LogP contribution >= 0.6 is 24.0 Å². The number of anilines is 5. The lowest BCUT2D eigenvalue weighted by Gasteiger charge is -2.30. The highest BCUT2D eigenvalue weighted by Crippen LogP contribution is 2.27. The second kappa shape index (κ2) is 17.4. The minimum atomic E-state index is -0.649. The van der Waals surface area contributed by atoms with Crippen LogP contribution in [0, 0.1) is 5.82 Å². The van der Waals surface area contributed by atoms with Crippen molar-refractivity contribution < 1.29 is 20.0 Å². The van der Waals surface area contributed by atoms with Crippen molar-refractivity contribution in [1.82, 2.24) is 39.6 Å². The van der Waals surface area contributed by atoms with Crippen molar-refractivity contribution in [3.63, 3.8) is 0 Å². The summed E-state index contributed by atoms with van der Waals surface area (Å²) in [4.78, 5) is 30.9. The largest absolute Gasteiger partial charge is 0.507 e. The number of benzene rings is 2. The van der Waals surface area contributed by atoms with Gasteiger partial charge in [0.1, 0.15) is 11.6 Å². The van der Waals surface area contributed by atoms with Crippen LogP contribution in [0.4, 0.5) is 33.6 Å². The zero-order chi connectivity index (χ0) is 25.8. The molecule has 0 spiro atoms. The van der Waals surface area contributed by atoms with Crippen molar-refractivity contribution in [3.05, 3.63) is 52.8 Å². The fourth-order valence-electron chi connectivity index (χ4n) is 4.59. The summed E-state index contributed by atoms with van der Waals surface area (Å²) < 4.78 is 14.9. The van der Waals surface area contributed by atoms with E-state index >= 15 is 0 Å². The van der Waals surface area contributed by atoms with Crippen molar-refractivity contribution in [1.29, 1.82) is 0 Å². The summed E-state index contributed by atoms with van der Waals surface area (Å²) >= 11 is 5.82. The van der Waals surface area contributed by atoms with Crippen LogP contribution in [-0.2, 0) is 0 Å². The molecule has 16 heteroatoms. The number of phenolic OH excluding ortho intramolecular Hbond substituents is 1. The molecule has 2 aromatic carbocycles. The molecule has 2 fully saturated rings. The first-order chi connectivity index (χ1) is 18.0. The Hall–Kier alpha value is -3.53. The molecule has 2 aliphatic rings. The molecule has 0 radical (unpaired) electrons.